The minimum absolute atomic E-state index is 0.112. The van der Waals surface area contributed by atoms with Crippen LogP contribution >= 0.6 is 0 Å². The lowest BCUT2D eigenvalue weighted by Crippen LogP contribution is -2.29. The summed E-state index contributed by atoms with van der Waals surface area (Å²) in [5.74, 6) is -5.28. The fourth-order valence-electron chi connectivity index (χ4n) is 1.64. The van der Waals surface area contributed by atoms with E-state index in [0.29, 0.717) is 17.4 Å². The molecule has 0 unspecified atom stereocenters. The summed E-state index contributed by atoms with van der Waals surface area (Å²) in [6.07, 6.45) is 0.592. The molecule has 0 radical (unpaired) electrons. The van der Waals surface area contributed by atoms with Crippen molar-refractivity contribution in [1.82, 2.24) is 0 Å². The normalized spacial score (nSPS) is 11.2. The van der Waals surface area contributed by atoms with Gasteiger partial charge in [-0.15, -0.1) is 0 Å². The first-order valence-corrected chi connectivity index (χ1v) is 5.46. The third kappa shape index (κ3) is 2.55. The van der Waals surface area contributed by atoms with Crippen LogP contribution in [0.15, 0.2) is 12.1 Å². The van der Waals surface area contributed by atoms with Crippen molar-refractivity contribution in [1.29, 1.82) is 0 Å². The van der Waals surface area contributed by atoms with Crippen LogP contribution in [-0.2, 0) is 15.5 Å². The van der Waals surface area contributed by atoms with Gasteiger partial charge in [0.1, 0.15) is 6.29 Å². The smallest absolute Gasteiger partial charge is 0.381 e. The summed E-state index contributed by atoms with van der Waals surface area (Å²) in [7, 11) is 0. The topological polar surface area (TPSA) is 43.4 Å². The molecular weight excluding hydrogens is 242 g/mol. The first kappa shape index (κ1) is 14.3. The lowest BCUT2D eigenvalue weighted by molar-refractivity contribution is -0.173. The number of rotatable bonds is 4. The molecule has 0 aliphatic heterocycles. The number of alkyl halides is 2. The van der Waals surface area contributed by atoms with Crippen LogP contribution < -0.4 is 0 Å². The molecule has 0 heterocycles. The Morgan fingerprint density at radius 3 is 2.44 bits per heavy atom. The Morgan fingerprint density at radius 2 is 1.94 bits per heavy atom. The molecule has 0 saturated heterocycles. The maximum atomic E-state index is 13.9. The summed E-state index contributed by atoms with van der Waals surface area (Å²) in [5.41, 5.74) is 0.482. The Labute approximate surface area is 104 Å². The van der Waals surface area contributed by atoms with Crippen molar-refractivity contribution < 1.29 is 23.1 Å². The van der Waals surface area contributed by atoms with E-state index < -0.39 is 17.5 Å². The molecule has 18 heavy (non-hydrogen) atoms. The van der Waals surface area contributed by atoms with Crippen LogP contribution in [0.3, 0.4) is 0 Å². The molecule has 0 fully saturated rings. The summed E-state index contributed by atoms with van der Waals surface area (Å²) < 4.78 is 32.1. The number of halogens is 2. The average Bonchev–Trinajstić information content (AvgIpc) is 2.31. The van der Waals surface area contributed by atoms with Crippen LogP contribution in [0, 0.1) is 13.8 Å². The van der Waals surface area contributed by atoms with Gasteiger partial charge in [0.15, 0.2) is 0 Å². The molecule has 0 aromatic heterocycles. The number of carbonyl (C=O) groups excluding carboxylic acids is 2. The Bertz CT molecular complexity index is 481. The van der Waals surface area contributed by atoms with Gasteiger partial charge in [-0.3, -0.25) is 4.79 Å². The number of benzene rings is 1. The van der Waals surface area contributed by atoms with E-state index in [2.05, 4.69) is 4.74 Å². The summed E-state index contributed by atoms with van der Waals surface area (Å²) >= 11 is 0. The molecular formula is C13H14F2O3. The van der Waals surface area contributed by atoms with Crippen LogP contribution in [0.4, 0.5) is 8.78 Å². The molecule has 98 valence electrons. The molecule has 0 aliphatic carbocycles. The number of hydrogen-bond donors (Lipinski definition) is 0. The molecule has 1 aromatic carbocycles. The minimum Gasteiger partial charge on any atom is -0.461 e. The van der Waals surface area contributed by atoms with Crippen molar-refractivity contribution in [3.05, 3.63) is 34.4 Å². The molecule has 3 nitrogen and oxygen atoms in total. The third-order valence-corrected chi connectivity index (χ3v) is 2.61. The van der Waals surface area contributed by atoms with E-state index in [9.17, 15) is 18.4 Å². The molecule has 1 rings (SSSR count). The fraction of sp³-hybridized carbons (Fsp3) is 0.385. The lowest BCUT2D eigenvalue weighted by Gasteiger charge is -2.18. The highest BCUT2D eigenvalue weighted by Gasteiger charge is 2.43. The summed E-state index contributed by atoms with van der Waals surface area (Å²) in [5, 5.41) is 0. The van der Waals surface area contributed by atoms with Crippen LogP contribution in [0.1, 0.15) is 34.0 Å². The van der Waals surface area contributed by atoms with E-state index in [1.54, 1.807) is 0 Å². The second kappa shape index (κ2) is 5.25. The summed E-state index contributed by atoms with van der Waals surface area (Å²) in [6, 6.07) is 2.49. The summed E-state index contributed by atoms with van der Waals surface area (Å²) in [4.78, 5) is 21.9. The van der Waals surface area contributed by atoms with Gasteiger partial charge in [0.25, 0.3) is 0 Å². The van der Waals surface area contributed by atoms with Crippen molar-refractivity contribution >= 4 is 12.3 Å². The van der Waals surface area contributed by atoms with Crippen LogP contribution in [-0.4, -0.2) is 18.9 Å². The number of ether oxygens (including phenoxy) is 1. The fourth-order valence-corrected chi connectivity index (χ4v) is 1.64. The Kier molecular flexibility index (Phi) is 4.16. The SMILES string of the molecule is CCOC(=O)C(F)(F)c1cc(C)c(C=O)cc1C. The van der Waals surface area contributed by atoms with Gasteiger partial charge in [-0.05, 0) is 44.0 Å². The third-order valence-electron chi connectivity index (χ3n) is 2.61. The van der Waals surface area contributed by atoms with Gasteiger partial charge < -0.3 is 4.74 Å². The Balaban J connectivity index is 3.28. The van der Waals surface area contributed by atoms with Gasteiger partial charge in [-0.2, -0.15) is 8.78 Å². The highest BCUT2D eigenvalue weighted by atomic mass is 19.3. The minimum atomic E-state index is -3.70. The first-order valence-electron chi connectivity index (χ1n) is 5.46. The second-order valence-corrected chi connectivity index (χ2v) is 3.94. The van der Waals surface area contributed by atoms with E-state index in [-0.39, 0.29) is 12.2 Å². The standard InChI is InChI=1S/C13H14F2O3/c1-4-18-12(17)13(14,15)11-6-8(2)10(7-16)5-9(11)3/h5-7H,4H2,1-3H3. The number of aldehydes is 1. The van der Waals surface area contributed by atoms with Crippen molar-refractivity contribution in [3.63, 3.8) is 0 Å². The molecule has 0 spiro atoms. The maximum absolute atomic E-state index is 13.9. The molecule has 1 aromatic rings. The molecule has 5 heteroatoms. The number of esters is 1. The first-order chi connectivity index (χ1) is 8.34. The van der Waals surface area contributed by atoms with E-state index in [1.807, 2.05) is 0 Å². The van der Waals surface area contributed by atoms with Crippen molar-refractivity contribution in [3.8, 4) is 0 Å². The van der Waals surface area contributed by atoms with Crippen molar-refractivity contribution in [2.45, 2.75) is 26.7 Å². The monoisotopic (exact) mass is 256 g/mol. The average molecular weight is 256 g/mol. The Morgan fingerprint density at radius 1 is 1.33 bits per heavy atom. The van der Waals surface area contributed by atoms with E-state index >= 15 is 0 Å². The maximum Gasteiger partial charge on any atom is 0.381 e. The zero-order valence-electron chi connectivity index (χ0n) is 10.4. The van der Waals surface area contributed by atoms with Crippen LogP contribution in [0.5, 0.6) is 0 Å². The molecule has 0 bridgehead atoms. The predicted molar refractivity (Wildman–Crippen MR) is 61.8 cm³/mol. The van der Waals surface area contributed by atoms with Crippen LogP contribution in [0.2, 0.25) is 0 Å². The predicted octanol–water partition coefficient (Wildman–Crippen LogP) is 2.77. The number of hydrogen-bond acceptors (Lipinski definition) is 3. The number of aryl methyl sites for hydroxylation is 2. The second-order valence-electron chi connectivity index (χ2n) is 3.94. The number of carbonyl (C=O) groups is 2. The Hall–Kier alpha value is -1.78. The molecule has 0 amide bonds. The van der Waals surface area contributed by atoms with E-state index in [4.69, 9.17) is 0 Å². The van der Waals surface area contributed by atoms with Crippen LogP contribution in [0.25, 0.3) is 0 Å². The largest absolute Gasteiger partial charge is 0.461 e. The highest BCUT2D eigenvalue weighted by Crippen LogP contribution is 2.33. The van der Waals surface area contributed by atoms with Gasteiger partial charge in [-0.1, -0.05) is 0 Å². The van der Waals surface area contributed by atoms with Gasteiger partial charge in [0.05, 0.1) is 6.61 Å². The van der Waals surface area contributed by atoms with E-state index in [0.717, 1.165) is 6.07 Å². The van der Waals surface area contributed by atoms with Crippen molar-refractivity contribution in [2.24, 2.45) is 0 Å². The molecule has 0 aliphatic rings. The zero-order chi connectivity index (χ0) is 13.9. The molecule has 0 N–H and O–H groups in total. The summed E-state index contributed by atoms with van der Waals surface area (Å²) in [6.45, 7) is 4.31. The van der Waals surface area contributed by atoms with Gasteiger partial charge in [0.2, 0.25) is 0 Å². The van der Waals surface area contributed by atoms with E-state index in [1.165, 1.54) is 26.8 Å². The highest BCUT2D eigenvalue weighted by molar-refractivity contribution is 5.82. The van der Waals surface area contributed by atoms with Gasteiger partial charge in [-0.25, -0.2) is 4.79 Å². The molecule has 0 saturated carbocycles. The van der Waals surface area contributed by atoms with Gasteiger partial charge >= 0.3 is 11.9 Å². The zero-order valence-corrected chi connectivity index (χ0v) is 10.4. The van der Waals surface area contributed by atoms with Gasteiger partial charge in [0, 0.05) is 11.1 Å². The van der Waals surface area contributed by atoms with Crippen molar-refractivity contribution in [2.75, 3.05) is 6.61 Å². The quantitative estimate of drug-likeness (QED) is 0.614. The molecule has 0 atom stereocenters. The lowest BCUT2D eigenvalue weighted by atomic mass is 9.96.